The second-order valence-electron chi connectivity index (χ2n) is 6.18. The van der Waals surface area contributed by atoms with E-state index in [0.717, 1.165) is 31.7 Å². The number of aliphatic hydroxyl groups excluding tert-OH is 1. The lowest BCUT2D eigenvalue weighted by atomic mass is 9.97. The average molecular weight is 314 g/mol. The average Bonchev–Trinajstić information content (AvgIpc) is 2.81. The Hall–Kier alpha value is -1.24. The van der Waals surface area contributed by atoms with Crippen molar-refractivity contribution in [2.45, 2.75) is 13.2 Å². The summed E-state index contributed by atoms with van der Waals surface area (Å²) in [6.45, 7) is 0.943. The zero-order chi connectivity index (χ0) is 16.1. The SMILES string of the molecule is CN(C)C[C@@H]1CN(Cc2ccc(OC(F)F)cc2)C[C@@H]1CO. The number of ether oxygens (including phenoxy) is 1. The third-order valence-corrected chi connectivity index (χ3v) is 4.04. The van der Waals surface area contributed by atoms with Crippen molar-refractivity contribution < 1.29 is 18.6 Å². The van der Waals surface area contributed by atoms with Crippen molar-refractivity contribution in [2.75, 3.05) is 40.3 Å². The van der Waals surface area contributed by atoms with Gasteiger partial charge in [0.25, 0.3) is 0 Å². The Morgan fingerprint density at radius 1 is 1.23 bits per heavy atom. The molecular formula is C16H24F2N2O2. The maximum Gasteiger partial charge on any atom is 0.387 e. The third-order valence-electron chi connectivity index (χ3n) is 4.04. The van der Waals surface area contributed by atoms with Crippen LogP contribution in [0.25, 0.3) is 0 Å². The maximum atomic E-state index is 12.1. The molecule has 1 aromatic carbocycles. The molecule has 0 spiro atoms. The molecule has 0 aromatic heterocycles. The summed E-state index contributed by atoms with van der Waals surface area (Å²) in [5, 5.41) is 9.52. The van der Waals surface area contributed by atoms with Crippen LogP contribution >= 0.6 is 0 Å². The van der Waals surface area contributed by atoms with Crippen molar-refractivity contribution in [3.63, 3.8) is 0 Å². The number of aliphatic hydroxyl groups is 1. The van der Waals surface area contributed by atoms with E-state index < -0.39 is 6.61 Å². The van der Waals surface area contributed by atoms with Gasteiger partial charge >= 0.3 is 6.61 Å². The summed E-state index contributed by atoms with van der Waals surface area (Å²) in [7, 11) is 4.08. The first kappa shape index (κ1) is 17.1. The largest absolute Gasteiger partial charge is 0.435 e. The highest BCUT2D eigenvalue weighted by molar-refractivity contribution is 5.27. The van der Waals surface area contributed by atoms with Crippen LogP contribution in [0.3, 0.4) is 0 Å². The zero-order valence-corrected chi connectivity index (χ0v) is 13.1. The topological polar surface area (TPSA) is 35.9 Å². The number of rotatable bonds is 7. The standard InChI is InChI=1S/C16H24F2N2O2/c1-19(2)8-13-9-20(10-14(13)11-21)7-12-3-5-15(6-4-12)22-16(17)18/h3-6,13-14,16,21H,7-11H2,1-2H3/t13-,14-/m1/s1. The van der Waals surface area contributed by atoms with Gasteiger partial charge in [0.05, 0.1) is 0 Å². The molecule has 0 unspecified atom stereocenters. The molecule has 2 atom stereocenters. The van der Waals surface area contributed by atoms with Crippen LogP contribution in [0.15, 0.2) is 24.3 Å². The Balaban J connectivity index is 1.90. The van der Waals surface area contributed by atoms with E-state index in [1.165, 1.54) is 0 Å². The van der Waals surface area contributed by atoms with Gasteiger partial charge in [-0.15, -0.1) is 0 Å². The molecule has 6 heteroatoms. The van der Waals surface area contributed by atoms with Crippen LogP contribution < -0.4 is 4.74 Å². The van der Waals surface area contributed by atoms with Crippen molar-refractivity contribution in [1.82, 2.24) is 9.80 Å². The second kappa shape index (κ2) is 7.85. The summed E-state index contributed by atoms with van der Waals surface area (Å²) < 4.78 is 28.6. The number of halogens is 2. The smallest absolute Gasteiger partial charge is 0.387 e. The van der Waals surface area contributed by atoms with E-state index in [1.54, 1.807) is 12.1 Å². The van der Waals surface area contributed by atoms with E-state index in [-0.39, 0.29) is 12.4 Å². The molecular weight excluding hydrogens is 290 g/mol. The van der Waals surface area contributed by atoms with Crippen LogP contribution in [0.4, 0.5) is 8.78 Å². The summed E-state index contributed by atoms with van der Waals surface area (Å²) in [4.78, 5) is 4.45. The van der Waals surface area contributed by atoms with Crippen LogP contribution in [0, 0.1) is 11.8 Å². The highest BCUT2D eigenvalue weighted by atomic mass is 19.3. The highest BCUT2D eigenvalue weighted by Crippen LogP contribution is 2.25. The Morgan fingerprint density at radius 2 is 1.86 bits per heavy atom. The molecule has 1 aromatic rings. The van der Waals surface area contributed by atoms with E-state index in [1.807, 2.05) is 26.2 Å². The molecule has 0 radical (unpaired) electrons. The Labute approximate surface area is 130 Å². The number of hydrogen-bond donors (Lipinski definition) is 1. The van der Waals surface area contributed by atoms with Gasteiger partial charge in [0.2, 0.25) is 0 Å². The van der Waals surface area contributed by atoms with Gasteiger partial charge < -0.3 is 14.7 Å². The van der Waals surface area contributed by atoms with Crippen molar-refractivity contribution in [2.24, 2.45) is 11.8 Å². The first-order chi connectivity index (χ1) is 10.5. The molecule has 124 valence electrons. The second-order valence-corrected chi connectivity index (χ2v) is 6.18. The van der Waals surface area contributed by atoms with Crippen molar-refractivity contribution >= 4 is 0 Å². The first-order valence-electron chi connectivity index (χ1n) is 7.49. The lowest BCUT2D eigenvalue weighted by Crippen LogP contribution is -2.28. The molecule has 1 aliphatic heterocycles. The number of nitrogens with zero attached hydrogens (tertiary/aromatic N) is 2. The monoisotopic (exact) mass is 314 g/mol. The van der Waals surface area contributed by atoms with Crippen molar-refractivity contribution in [1.29, 1.82) is 0 Å². The van der Waals surface area contributed by atoms with Crippen LogP contribution in [-0.4, -0.2) is 61.9 Å². The van der Waals surface area contributed by atoms with Gasteiger partial charge in [0, 0.05) is 32.8 Å². The van der Waals surface area contributed by atoms with Crippen molar-refractivity contribution in [3.05, 3.63) is 29.8 Å². The lowest BCUT2D eigenvalue weighted by molar-refractivity contribution is -0.0498. The predicted molar refractivity (Wildman–Crippen MR) is 81.0 cm³/mol. The minimum absolute atomic E-state index is 0.180. The number of hydrogen-bond acceptors (Lipinski definition) is 4. The van der Waals surface area contributed by atoms with Gasteiger partial charge in [0.1, 0.15) is 5.75 Å². The summed E-state index contributed by atoms with van der Waals surface area (Å²) in [5.41, 5.74) is 1.06. The lowest BCUT2D eigenvalue weighted by Gasteiger charge is -2.20. The Morgan fingerprint density at radius 3 is 2.41 bits per heavy atom. The molecule has 0 amide bonds. The summed E-state index contributed by atoms with van der Waals surface area (Å²) in [6, 6.07) is 6.76. The molecule has 0 saturated carbocycles. The zero-order valence-electron chi connectivity index (χ0n) is 13.1. The summed E-state index contributed by atoms with van der Waals surface area (Å²) in [5.74, 6) is 0.934. The number of likely N-dealkylation sites (tertiary alicyclic amines) is 1. The van der Waals surface area contributed by atoms with Gasteiger partial charge in [-0.1, -0.05) is 12.1 Å². The predicted octanol–water partition coefficient (Wildman–Crippen LogP) is 1.89. The number of benzene rings is 1. The quantitative estimate of drug-likeness (QED) is 0.834. The normalized spacial score (nSPS) is 22.7. The Kier molecular flexibility index (Phi) is 6.11. The van der Waals surface area contributed by atoms with E-state index in [2.05, 4.69) is 14.5 Å². The molecule has 0 bridgehead atoms. The fraction of sp³-hybridized carbons (Fsp3) is 0.625. The molecule has 22 heavy (non-hydrogen) atoms. The van der Waals surface area contributed by atoms with Gasteiger partial charge in [-0.25, -0.2) is 0 Å². The van der Waals surface area contributed by atoms with Gasteiger partial charge in [0.15, 0.2) is 0 Å². The van der Waals surface area contributed by atoms with Crippen LogP contribution in [-0.2, 0) is 6.54 Å². The molecule has 1 heterocycles. The van der Waals surface area contributed by atoms with Crippen LogP contribution in [0.2, 0.25) is 0 Å². The molecule has 1 N–H and O–H groups in total. The fourth-order valence-corrected chi connectivity index (χ4v) is 3.08. The van der Waals surface area contributed by atoms with E-state index in [9.17, 15) is 13.9 Å². The molecule has 2 rings (SSSR count). The summed E-state index contributed by atoms with van der Waals surface area (Å²) in [6.07, 6.45) is 0. The van der Waals surface area contributed by atoms with Crippen LogP contribution in [0.1, 0.15) is 5.56 Å². The van der Waals surface area contributed by atoms with Gasteiger partial charge in [-0.05, 0) is 43.6 Å². The van der Waals surface area contributed by atoms with Gasteiger partial charge in [-0.3, -0.25) is 4.90 Å². The molecule has 1 aliphatic rings. The minimum atomic E-state index is -2.79. The van der Waals surface area contributed by atoms with Crippen molar-refractivity contribution in [3.8, 4) is 5.75 Å². The van der Waals surface area contributed by atoms with E-state index >= 15 is 0 Å². The molecule has 4 nitrogen and oxygen atoms in total. The number of alkyl halides is 2. The van der Waals surface area contributed by atoms with Crippen LogP contribution in [0.5, 0.6) is 5.75 Å². The van der Waals surface area contributed by atoms with E-state index in [0.29, 0.717) is 11.8 Å². The summed E-state index contributed by atoms with van der Waals surface area (Å²) >= 11 is 0. The maximum absolute atomic E-state index is 12.1. The van der Waals surface area contributed by atoms with Gasteiger partial charge in [-0.2, -0.15) is 8.78 Å². The Bertz CT molecular complexity index is 454. The third kappa shape index (κ3) is 4.90. The minimum Gasteiger partial charge on any atom is -0.435 e. The molecule has 0 aliphatic carbocycles. The first-order valence-corrected chi connectivity index (χ1v) is 7.49. The van der Waals surface area contributed by atoms with E-state index in [4.69, 9.17) is 0 Å². The molecule has 1 saturated heterocycles. The highest BCUT2D eigenvalue weighted by Gasteiger charge is 2.32. The molecule has 1 fully saturated rings. The fourth-order valence-electron chi connectivity index (χ4n) is 3.08.